The Labute approximate surface area is 168 Å². The molecule has 138 valence electrons. The number of hydrogen-bond acceptors (Lipinski definition) is 0. The lowest BCUT2D eigenvalue weighted by molar-refractivity contribution is 0.590. The fourth-order valence-electron chi connectivity index (χ4n) is 5.66. The van der Waals surface area contributed by atoms with Gasteiger partial charge in [0.15, 0.2) is 0 Å². The quantitative estimate of drug-likeness (QED) is 0.424. The topological polar surface area (TPSA) is 0 Å². The van der Waals surface area contributed by atoms with E-state index in [2.05, 4.69) is 99.8 Å². The van der Waals surface area contributed by atoms with Gasteiger partial charge in [-0.2, -0.15) is 0 Å². The van der Waals surface area contributed by atoms with Crippen LogP contribution in [0.5, 0.6) is 0 Å². The highest BCUT2D eigenvalue weighted by Gasteiger charge is 2.43. The first kappa shape index (κ1) is 17.3. The summed E-state index contributed by atoms with van der Waals surface area (Å²) in [6, 6.07) is 22.7. The van der Waals surface area contributed by atoms with Crippen LogP contribution in [0.3, 0.4) is 0 Å². The summed E-state index contributed by atoms with van der Waals surface area (Å²) in [4.78, 5) is 0. The van der Waals surface area contributed by atoms with Gasteiger partial charge >= 0.3 is 0 Å². The maximum absolute atomic E-state index is 4.06. The molecular weight excluding hydrogens is 336 g/mol. The summed E-state index contributed by atoms with van der Waals surface area (Å²) in [5, 5.41) is 0. The second-order valence-electron chi connectivity index (χ2n) is 8.68. The van der Waals surface area contributed by atoms with E-state index >= 15 is 0 Å². The van der Waals surface area contributed by atoms with Crippen molar-refractivity contribution in [3.8, 4) is 22.3 Å². The van der Waals surface area contributed by atoms with Gasteiger partial charge in [0.1, 0.15) is 0 Å². The third kappa shape index (κ3) is 2.01. The second-order valence-corrected chi connectivity index (χ2v) is 8.68. The normalized spacial score (nSPS) is 23.5. The maximum atomic E-state index is 4.06. The number of fused-ring (bicyclic) bond motifs is 6. The predicted molar refractivity (Wildman–Crippen MR) is 120 cm³/mol. The summed E-state index contributed by atoms with van der Waals surface area (Å²) < 4.78 is 0. The van der Waals surface area contributed by atoms with E-state index in [1.165, 1.54) is 44.5 Å². The van der Waals surface area contributed by atoms with Gasteiger partial charge in [0, 0.05) is 10.8 Å². The molecule has 28 heavy (non-hydrogen) atoms. The van der Waals surface area contributed by atoms with Crippen LogP contribution in [-0.2, 0) is 10.8 Å². The van der Waals surface area contributed by atoms with Gasteiger partial charge in [-0.3, -0.25) is 0 Å². The number of hydrogen-bond donors (Lipinski definition) is 0. The van der Waals surface area contributed by atoms with E-state index in [1.54, 1.807) is 0 Å². The number of rotatable bonds is 4. The molecule has 0 amide bonds. The molecule has 0 heteroatoms. The van der Waals surface area contributed by atoms with Crippen molar-refractivity contribution in [2.24, 2.45) is 0 Å². The van der Waals surface area contributed by atoms with Gasteiger partial charge in [-0.15, -0.1) is 13.2 Å². The molecule has 2 aliphatic rings. The van der Waals surface area contributed by atoms with E-state index in [4.69, 9.17) is 0 Å². The molecule has 3 aromatic rings. The first-order chi connectivity index (χ1) is 13.5. The van der Waals surface area contributed by atoms with Gasteiger partial charge < -0.3 is 0 Å². The van der Waals surface area contributed by atoms with Crippen LogP contribution in [0, 0.1) is 0 Å². The molecule has 0 fully saturated rings. The van der Waals surface area contributed by atoms with Crippen LogP contribution in [0.25, 0.3) is 22.3 Å². The molecule has 2 atom stereocenters. The molecule has 0 spiro atoms. The van der Waals surface area contributed by atoms with Crippen LogP contribution in [0.2, 0.25) is 0 Å². The molecule has 5 rings (SSSR count). The molecule has 3 aromatic carbocycles. The maximum Gasteiger partial charge on any atom is 0.0221 e. The molecule has 0 aromatic heterocycles. The molecular formula is C28H26. The SMILES string of the molecule is C=CCC1(C)c2ccccc2-c2cc3c(cc21)-c1ccccc1C3(C)CC=C. The Hall–Kier alpha value is -2.86. The van der Waals surface area contributed by atoms with Crippen LogP contribution < -0.4 is 0 Å². The van der Waals surface area contributed by atoms with Crippen molar-refractivity contribution >= 4 is 0 Å². The molecule has 2 aliphatic carbocycles. The average molecular weight is 363 g/mol. The molecule has 0 aliphatic heterocycles. The van der Waals surface area contributed by atoms with Crippen LogP contribution in [0.15, 0.2) is 86.0 Å². The Balaban J connectivity index is 1.85. The number of allylic oxidation sites excluding steroid dienone is 2. The smallest absolute Gasteiger partial charge is 0.0221 e. The Morgan fingerprint density at radius 1 is 0.607 bits per heavy atom. The minimum Gasteiger partial charge on any atom is -0.103 e. The standard InChI is InChI=1S/C28H26/c1-5-15-27(3)23-13-9-7-11-19(23)21-18-26-22(17-25(21)27)20-12-8-10-14-24(20)28(26,4)16-6-2/h5-14,17-18H,1-2,15-16H2,3-4H3. The zero-order valence-electron chi connectivity index (χ0n) is 16.8. The van der Waals surface area contributed by atoms with Crippen molar-refractivity contribution in [1.29, 1.82) is 0 Å². The van der Waals surface area contributed by atoms with Gasteiger partial charge in [0.05, 0.1) is 0 Å². The summed E-state index contributed by atoms with van der Waals surface area (Å²) >= 11 is 0. The van der Waals surface area contributed by atoms with E-state index in [9.17, 15) is 0 Å². The van der Waals surface area contributed by atoms with Crippen molar-refractivity contribution in [2.75, 3.05) is 0 Å². The average Bonchev–Trinajstić information content (AvgIpc) is 3.10. The Bertz CT molecular complexity index is 1040. The van der Waals surface area contributed by atoms with Crippen molar-refractivity contribution in [2.45, 2.75) is 37.5 Å². The summed E-state index contributed by atoms with van der Waals surface area (Å²) in [6.45, 7) is 12.9. The largest absolute Gasteiger partial charge is 0.103 e. The highest BCUT2D eigenvalue weighted by atomic mass is 14.5. The van der Waals surface area contributed by atoms with E-state index in [1.807, 2.05) is 0 Å². The van der Waals surface area contributed by atoms with Gasteiger partial charge in [-0.1, -0.05) is 74.5 Å². The van der Waals surface area contributed by atoms with Crippen LogP contribution in [0.1, 0.15) is 48.9 Å². The highest BCUT2D eigenvalue weighted by Crippen LogP contribution is 2.57. The van der Waals surface area contributed by atoms with Gasteiger partial charge in [0.25, 0.3) is 0 Å². The summed E-state index contributed by atoms with van der Waals surface area (Å²) in [7, 11) is 0. The third-order valence-electron chi connectivity index (χ3n) is 7.08. The second kappa shape index (κ2) is 5.82. The summed E-state index contributed by atoms with van der Waals surface area (Å²) in [5.41, 5.74) is 11.2. The lowest BCUT2D eigenvalue weighted by atomic mass is 9.75. The van der Waals surface area contributed by atoms with Crippen LogP contribution >= 0.6 is 0 Å². The molecule has 0 N–H and O–H groups in total. The predicted octanol–water partition coefficient (Wildman–Crippen LogP) is 7.41. The lowest BCUT2D eigenvalue weighted by Crippen LogP contribution is -2.21. The van der Waals surface area contributed by atoms with E-state index < -0.39 is 0 Å². The molecule has 2 unspecified atom stereocenters. The first-order valence-electron chi connectivity index (χ1n) is 10.1. The first-order valence-corrected chi connectivity index (χ1v) is 10.1. The summed E-state index contributed by atoms with van der Waals surface area (Å²) in [5.74, 6) is 0. The molecule has 0 radical (unpaired) electrons. The zero-order chi connectivity index (χ0) is 19.5. The molecule has 0 saturated carbocycles. The Kier molecular flexibility index (Phi) is 3.58. The van der Waals surface area contributed by atoms with Crippen molar-refractivity contribution in [3.05, 3.63) is 108 Å². The fraction of sp³-hybridized carbons (Fsp3) is 0.214. The van der Waals surface area contributed by atoms with Gasteiger partial charge in [0.2, 0.25) is 0 Å². The van der Waals surface area contributed by atoms with Crippen LogP contribution in [-0.4, -0.2) is 0 Å². The van der Waals surface area contributed by atoms with E-state index in [-0.39, 0.29) is 10.8 Å². The molecule has 0 saturated heterocycles. The van der Waals surface area contributed by atoms with Crippen molar-refractivity contribution in [1.82, 2.24) is 0 Å². The monoisotopic (exact) mass is 362 g/mol. The van der Waals surface area contributed by atoms with Crippen molar-refractivity contribution < 1.29 is 0 Å². The Morgan fingerprint density at radius 2 is 1.00 bits per heavy atom. The summed E-state index contributed by atoms with van der Waals surface area (Å²) in [6.07, 6.45) is 6.02. The van der Waals surface area contributed by atoms with Gasteiger partial charge in [-0.25, -0.2) is 0 Å². The highest BCUT2D eigenvalue weighted by molar-refractivity contribution is 5.89. The molecule has 0 bridgehead atoms. The van der Waals surface area contributed by atoms with Crippen LogP contribution in [0.4, 0.5) is 0 Å². The fourth-order valence-corrected chi connectivity index (χ4v) is 5.66. The minimum atomic E-state index is -0.0188. The Morgan fingerprint density at radius 3 is 1.39 bits per heavy atom. The van der Waals surface area contributed by atoms with E-state index in [0.717, 1.165) is 12.8 Å². The third-order valence-corrected chi connectivity index (χ3v) is 7.08. The zero-order valence-corrected chi connectivity index (χ0v) is 16.8. The minimum absolute atomic E-state index is 0.0188. The molecule has 0 heterocycles. The number of benzene rings is 3. The van der Waals surface area contributed by atoms with Gasteiger partial charge in [-0.05, 0) is 69.5 Å². The lowest BCUT2D eigenvalue weighted by Gasteiger charge is -2.28. The van der Waals surface area contributed by atoms with Crippen molar-refractivity contribution in [3.63, 3.8) is 0 Å². The molecule has 0 nitrogen and oxygen atoms in total. The van der Waals surface area contributed by atoms with E-state index in [0.29, 0.717) is 0 Å².